The number of rotatable bonds is 45. The van der Waals surface area contributed by atoms with Crippen molar-refractivity contribution in [1.82, 2.24) is 51.7 Å². The Morgan fingerprint density at radius 2 is 0.850 bits per heavy atom. The van der Waals surface area contributed by atoms with Gasteiger partial charge in [0.1, 0.15) is 23.6 Å². The first-order chi connectivity index (χ1) is 38.1. The highest BCUT2D eigenvalue weighted by molar-refractivity contribution is 5.86. The summed E-state index contributed by atoms with van der Waals surface area (Å²) in [6.07, 6.45) is 8.15. The number of carboxylic acids is 5. The molecule has 0 aliphatic heterocycles. The lowest BCUT2D eigenvalue weighted by atomic mass is 10.1. The van der Waals surface area contributed by atoms with E-state index in [1.807, 2.05) is 0 Å². The minimum absolute atomic E-state index is 0.00643. The van der Waals surface area contributed by atoms with Crippen molar-refractivity contribution >= 4 is 59.5 Å². The molecule has 0 aliphatic rings. The average molecular weight is 1130 g/mol. The van der Waals surface area contributed by atoms with Gasteiger partial charge in [-0.3, -0.25) is 53.3 Å². The fourth-order valence-corrected chi connectivity index (χ4v) is 8.02. The molecular weight excluding hydrogens is 1050 g/mol. The predicted octanol–water partition coefficient (Wildman–Crippen LogP) is 2.24. The summed E-state index contributed by atoms with van der Waals surface area (Å²) in [5, 5.41) is 83.8. The lowest BCUT2D eigenvalue weighted by Crippen LogP contribution is -2.51. The van der Waals surface area contributed by atoms with Gasteiger partial charge in [0.25, 0.3) is 0 Å². The SMILES string of the molecule is CCCCCNC(=O)CCCCCNC(=O)CCc1ccc(O)c(CN(CCN(CC(=O)O)Cc2nc(CCC(=O)NCCCCCC(=O)NCCCC[C@H](NC(=O)N[C@@H](CCC(=O)O)C(=O)O)C(=O)O)ccc2O)CC(=O)O)n1. The van der Waals surface area contributed by atoms with Gasteiger partial charge in [-0.25, -0.2) is 14.4 Å². The molecule has 2 rings (SSSR count). The molecule has 0 saturated carbocycles. The topological polar surface area (TPSA) is 417 Å². The third-order valence-corrected chi connectivity index (χ3v) is 12.4. The van der Waals surface area contributed by atoms with E-state index in [0.29, 0.717) is 69.5 Å². The summed E-state index contributed by atoms with van der Waals surface area (Å²) in [5.74, 6) is -7.51. The molecule has 0 radical (unpaired) electrons. The first kappa shape index (κ1) is 68.4. The Morgan fingerprint density at radius 1 is 0.463 bits per heavy atom. The maximum atomic E-state index is 12.7. The quantitative estimate of drug-likeness (QED) is 0.0423. The Hall–Kier alpha value is -7.68. The fraction of sp³-hybridized carbons (Fsp3) is 0.623. The molecular formula is C53H82N10O17. The van der Waals surface area contributed by atoms with Crippen LogP contribution in [0, 0.1) is 0 Å². The molecule has 0 saturated heterocycles. The van der Waals surface area contributed by atoms with E-state index in [-0.39, 0.29) is 118 Å². The van der Waals surface area contributed by atoms with Crippen LogP contribution in [0.25, 0.3) is 0 Å². The summed E-state index contributed by atoms with van der Waals surface area (Å²) in [4.78, 5) is 131. The molecule has 80 heavy (non-hydrogen) atoms. The number of aromatic hydroxyl groups is 2. The highest BCUT2D eigenvalue weighted by Gasteiger charge is 2.25. The minimum Gasteiger partial charge on any atom is -0.506 e. The van der Waals surface area contributed by atoms with E-state index in [2.05, 4.69) is 48.8 Å². The third kappa shape index (κ3) is 32.3. The van der Waals surface area contributed by atoms with Gasteiger partial charge in [0, 0.05) is 95.9 Å². The summed E-state index contributed by atoms with van der Waals surface area (Å²) in [6.45, 7) is 2.63. The summed E-state index contributed by atoms with van der Waals surface area (Å²) >= 11 is 0. The Balaban J connectivity index is 1.77. The summed E-state index contributed by atoms with van der Waals surface area (Å²) in [7, 11) is 0. The van der Waals surface area contributed by atoms with Gasteiger partial charge in [0.05, 0.1) is 24.5 Å². The second-order valence-corrected chi connectivity index (χ2v) is 19.3. The Bertz CT molecular complexity index is 2320. The number of amides is 6. The van der Waals surface area contributed by atoms with Crippen LogP contribution in [0.15, 0.2) is 24.3 Å². The first-order valence-corrected chi connectivity index (χ1v) is 27.2. The lowest BCUT2D eigenvalue weighted by molar-refractivity contribution is -0.141. The van der Waals surface area contributed by atoms with Gasteiger partial charge in [-0.05, 0) is 94.9 Å². The average Bonchev–Trinajstić information content (AvgIpc) is 3.40. The number of carbonyl (C=O) groups is 10. The van der Waals surface area contributed by atoms with Crippen molar-refractivity contribution in [2.45, 2.75) is 161 Å². The molecule has 0 fully saturated rings. The molecule has 0 aliphatic carbocycles. The zero-order valence-electron chi connectivity index (χ0n) is 45.7. The van der Waals surface area contributed by atoms with Gasteiger partial charge in [-0.1, -0.05) is 32.6 Å². The molecule has 13 N–H and O–H groups in total. The number of pyridine rings is 2. The summed E-state index contributed by atoms with van der Waals surface area (Å²) in [6, 6.07) is 1.97. The maximum absolute atomic E-state index is 12.7. The number of aromatic nitrogens is 2. The zero-order chi connectivity index (χ0) is 59.2. The molecule has 2 heterocycles. The van der Waals surface area contributed by atoms with Gasteiger partial charge in [-0.2, -0.15) is 0 Å². The molecule has 27 nitrogen and oxygen atoms in total. The van der Waals surface area contributed by atoms with Crippen LogP contribution in [0.4, 0.5) is 4.79 Å². The van der Waals surface area contributed by atoms with Crippen molar-refractivity contribution in [2.75, 3.05) is 52.4 Å². The van der Waals surface area contributed by atoms with Crippen molar-refractivity contribution in [1.29, 1.82) is 0 Å². The normalized spacial score (nSPS) is 11.8. The van der Waals surface area contributed by atoms with Crippen molar-refractivity contribution in [3.05, 3.63) is 47.0 Å². The third-order valence-electron chi connectivity index (χ3n) is 12.4. The Labute approximate surface area is 465 Å². The van der Waals surface area contributed by atoms with Crippen molar-refractivity contribution in [3.8, 4) is 11.5 Å². The molecule has 0 spiro atoms. The summed E-state index contributed by atoms with van der Waals surface area (Å²) < 4.78 is 0. The molecule has 2 aromatic heterocycles. The van der Waals surface area contributed by atoms with Crippen LogP contribution in [0.1, 0.15) is 145 Å². The standard InChI is InChI=1S/C53H82N10O17/c1-2-3-9-26-54-44(66)14-6-4-10-27-56-46(68)23-18-36-16-21-42(64)40(58-36)32-62(34-49(72)73)30-31-63(35-50(74)75)33-41-43(65)22-17-37(59-41)19-24-47(69)57-28-11-5-7-15-45(67)55-29-12-8-13-38(51(76)77)60-53(80)61-39(52(78)79)20-25-48(70)71/h16-17,21-22,38-39,64-65H,2-15,18-20,23-35H2,1H3,(H,54,66)(H,55,67)(H,56,68)(H,57,69)(H,70,71)(H,72,73)(H,74,75)(H,76,77)(H,78,79)(H2,60,61,80)/t38-,39-/m0/s1. The molecule has 27 heteroatoms. The molecule has 2 aromatic rings. The second kappa shape index (κ2) is 39.6. The number of carboxylic acid groups (broad SMARTS) is 5. The van der Waals surface area contributed by atoms with E-state index in [4.69, 9.17) is 5.11 Å². The van der Waals surface area contributed by atoms with Crippen molar-refractivity contribution in [3.63, 3.8) is 0 Å². The van der Waals surface area contributed by atoms with Gasteiger partial charge in [0.15, 0.2) is 0 Å². The number of aryl methyl sites for hydroxylation is 2. The summed E-state index contributed by atoms with van der Waals surface area (Å²) in [5.41, 5.74) is 1.25. The van der Waals surface area contributed by atoms with Crippen LogP contribution >= 0.6 is 0 Å². The number of nitrogens with one attached hydrogen (secondary N) is 6. The van der Waals surface area contributed by atoms with Crippen LogP contribution < -0.4 is 31.9 Å². The Morgan fingerprint density at radius 3 is 1.24 bits per heavy atom. The number of carbonyl (C=O) groups excluding carboxylic acids is 5. The van der Waals surface area contributed by atoms with Crippen LogP contribution in [0.5, 0.6) is 11.5 Å². The molecule has 0 aromatic carbocycles. The lowest BCUT2D eigenvalue weighted by Gasteiger charge is -2.26. The van der Waals surface area contributed by atoms with E-state index in [1.54, 1.807) is 6.07 Å². The number of hydrogen-bond acceptors (Lipinski definition) is 16. The van der Waals surface area contributed by atoms with E-state index in [9.17, 15) is 78.6 Å². The molecule has 0 unspecified atom stereocenters. The highest BCUT2D eigenvalue weighted by Crippen LogP contribution is 2.20. The molecule has 6 amide bonds. The number of aliphatic carboxylic acids is 5. The molecule has 446 valence electrons. The van der Waals surface area contributed by atoms with Gasteiger partial charge in [-0.15, -0.1) is 0 Å². The van der Waals surface area contributed by atoms with Crippen LogP contribution in [0.3, 0.4) is 0 Å². The van der Waals surface area contributed by atoms with Crippen LogP contribution in [0.2, 0.25) is 0 Å². The van der Waals surface area contributed by atoms with E-state index in [0.717, 1.165) is 38.5 Å². The van der Waals surface area contributed by atoms with Crippen LogP contribution in [-0.2, 0) is 69.1 Å². The van der Waals surface area contributed by atoms with Crippen molar-refractivity contribution in [2.24, 2.45) is 0 Å². The number of unbranched alkanes of at least 4 members (excludes halogenated alkanes) is 7. The number of hydrogen-bond donors (Lipinski definition) is 13. The van der Waals surface area contributed by atoms with E-state index >= 15 is 0 Å². The largest absolute Gasteiger partial charge is 0.506 e. The number of nitrogens with zero attached hydrogens (tertiary/aromatic N) is 4. The minimum atomic E-state index is -1.52. The monoisotopic (exact) mass is 1130 g/mol. The smallest absolute Gasteiger partial charge is 0.326 e. The van der Waals surface area contributed by atoms with E-state index in [1.165, 1.54) is 28.0 Å². The first-order valence-electron chi connectivity index (χ1n) is 27.2. The van der Waals surface area contributed by atoms with Crippen molar-refractivity contribution < 1.29 is 83.7 Å². The van der Waals surface area contributed by atoms with Crippen LogP contribution in [-0.4, -0.2) is 179 Å². The second-order valence-electron chi connectivity index (χ2n) is 19.3. The fourth-order valence-electron chi connectivity index (χ4n) is 8.02. The highest BCUT2D eigenvalue weighted by atomic mass is 16.4. The maximum Gasteiger partial charge on any atom is 0.326 e. The molecule has 2 atom stereocenters. The molecule has 0 bridgehead atoms. The van der Waals surface area contributed by atoms with E-state index < -0.39 is 73.9 Å². The zero-order valence-corrected chi connectivity index (χ0v) is 45.7. The predicted molar refractivity (Wildman–Crippen MR) is 288 cm³/mol. The number of urea groups is 1. The Kier molecular flexibility index (Phi) is 33.9. The van der Waals surface area contributed by atoms with Gasteiger partial charge >= 0.3 is 35.9 Å². The van der Waals surface area contributed by atoms with Gasteiger partial charge < -0.3 is 67.6 Å². The van der Waals surface area contributed by atoms with Gasteiger partial charge in [0.2, 0.25) is 23.6 Å².